The van der Waals surface area contributed by atoms with E-state index in [9.17, 15) is 17.6 Å². The third kappa shape index (κ3) is 2.75. The van der Waals surface area contributed by atoms with E-state index in [0.717, 1.165) is 12.3 Å². The van der Waals surface area contributed by atoms with Gasteiger partial charge in [-0.15, -0.1) is 0 Å². The Kier molecular flexibility index (Phi) is 4.08. The van der Waals surface area contributed by atoms with Gasteiger partial charge in [0.05, 0.1) is 20.6 Å². The van der Waals surface area contributed by atoms with E-state index in [1.807, 2.05) is 0 Å². The van der Waals surface area contributed by atoms with Crippen LogP contribution in [0.5, 0.6) is 11.5 Å². The zero-order valence-corrected chi connectivity index (χ0v) is 13.3. The summed E-state index contributed by atoms with van der Waals surface area (Å²) in [7, 11) is -1.35. The van der Waals surface area contributed by atoms with Crippen molar-refractivity contribution in [3.8, 4) is 11.5 Å². The molecule has 0 aromatic heterocycles. The first-order valence-corrected chi connectivity index (χ1v) is 8.42. The summed E-state index contributed by atoms with van der Waals surface area (Å²) in [6.45, 7) is 0. The van der Waals surface area contributed by atoms with Crippen molar-refractivity contribution in [3.05, 3.63) is 17.4 Å². The molecule has 1 aromatic carbocycles. The van der Waals surface area contributed by atoms with E-state index in [4.69, 9.17) is 14.6 Å². The molecule has 0 aliphatic heterocycles. The lowest BCUT2D eigenvalue weighted by Gasteiger charge is -2.21. The summed E-state index contributed by atoms with van der Waals surface area (Å²) >= 11 is 0. The van der Waals surface area contributed by atoms with Crippen LogP contribution in [-0.2, 0) is 20.0 Å². The summed E-state index contributed by atoms with van der Waals surface area (Å²) in [5, 5.41) is 9.03. The molecule has 8 heteroatoms. The van der Waals surface area contributed by atoms with E-state index in [0.29, 0.717) is 18.4 Å². The molecule has 0 amide bonds. The highest BCUT2D eigenvalue weighted by Gasteiger charge is 2.49. The molecular formula is C14H17FO6S. The van der Waals surface area contributed by atoms with Crippen molar-refractivity contribution in [2.75, 3.05) is 20.5 Å². The molecule has 0 atom stereocenters. The number of halogens is 1. The van der Waals surface area contributed by atoms with E-state index in [1.165, 1.54) is 14.2 Å². The second-order valence-electron chi connectivity index (χ2n) is 5.42. The van der Waals surface area contributed by atoms with Crippen LogP contribution in [0.2, 0.25) is 0 Å². The van der Waals surface area contributed by atoms with Gasteiger partial charge in [0.15, 0.2) is 21.3 Å². The average molecular weight is 332 g/mol. The second-order valence-corrected chi connectivity index (χ2v) is 7.38. The van der Waals surface area contributed by atoms with Crippen LogP contribution >= 0.6 is 0 Å². The number of carboxylic acids is 1. The number of benzene rings is 1. The summed E-state index contributed by atoms with van der Waals surface area (Å²) in [6, 6.07) is 1.05. The maximum absolute atomic E-state index is 14.3. The molecule has 0 spiro atoms. The van der Waals surface area contributed by atoms with E-state index < -0.39 is 31.9 Å². The molecule has 1 aromatic rings. The molecule has 0 radical (unpaired) electrons. The van der Waals surface area contributed by atoms with Crippen LogP contribution in [0, 0.1) is 5.82 Å². The van der Waals surface area contributed by atoms with Crippen LogP contribution in [0.3, 0.4) is 0 Å². The SMILES string of the molecule is COc1c(C2(CC(=O)O)CC2)cc(F)c(S(C)(=O)=O)c1OC. The van der Waals surface area contributed by atoms with Gasteiger partial charge in [-0.05, 0) is 18.9 Å². The molecule has 1 aliphatic rings. The van der Waals surface area contributed by atoms with Crippen LogP contribution in [0.4, 0.5) is 4.39 Å². The van der Waals surface area contributed by atoms with Crippen LogP contribution < -0.4 is 9.47 Å². The number of hydrogen-bond donors (Lipinski definition) is 1. The van der Waals surface area contributed by atoms with Gasteiger partial charge in [0.2, 0.25) is 0 Å². The largest absolute Gasteiger partial charge is 0.493 e. The topological polar surface area (TPSA) is 89.9 Å². The Bertz CT molecular complexity index is 721. The highest BCUT2D eigenvalue weighted by molar-refractivity contribution is 7.90. The van der Waals surface area contributed by atoms with Crippen LogP contribution in [0.15, 0.2) is 11.0 Å². The van der Waals surface area contributed by atoms with Crippen molar-refractivity contribution in [1.82, 2.24) is 0 Å². The monoisotopic (exact) mass is 332 g/mol. The molecule has 122 valence electrons. The summed E-state index contributed by atoms with van der Waals surface area (Å²) < 4.78 is 48.2. The molecule has 0 bridgehead atoms. The van der Waals surface area contributed by atoms with Crippen LogP contribution in [-0.4, -0.2) is 40.0 Å². The minimum Gasteiger partial charge on any atom is -0.493 e. The minimum absolute atomic E-state index is 0.0723. The summed E-state index contributed by atoms with van der Waals surface area (Å²) in [5.41, 5.74) is -0.402. The predicted molar refractivity (Wildman–Crippen MR) is 75.8 cm³/mol. The van der Waals surface area contributed by atoms with Crippen LogP contribution in [0.1, 0.15) is 24.8 Å². The molecule has 0 unspecified atom stereocenters. The number of sulfone groups is 1. The van der Waals surface area contributed by atoms with E-state index in [1.54, 1.807) is 0 Å². The molecule has 2 rings (SSSR count). The van der Waals surface area contributed by atoms with Crippen LogP contribution in [0.25, 0.3) is 0 Å². The Labute approximate surface area is 127 Å². The third-order valence-electron chi connectivity index (χ3n) is 3.84. The lowest BCUT2D eigenvalue weighted by molar-refractivity contribution is -0.137. The fraction of sp³-hybridized carbons (Fsp3) is 0.500. The first-order chi connectivity index (χ1) is 10.2. The van der Waals surface area contributed by atoms with Gasteiger partial charge in [-0.1, -0.05) is 0 Å². The van der Waals surface area contributed by atoms with Gasteiger partial charge < -0.3 is 14.6 Å². The molecular weight excluding hydrogens is 315 g/mol. The third-order valence-corrected chi connectivity index (χ3v) is 4.96. The maximum atomic E-state index is 14.3. The fourth-order valence-electron chi connectivity index (χ4n) is 2.70. The van der Waals surface area contributed by atoms with E-state index in [2.05, 4.69) is 0 Å². The predicted octanol–water partition coefficient (Wildman–Crippen LogP) is 1.75. The Morgan fingerprint density at radius 1 is 1.32 bits per heavy atom. The normalized spacial score (nSPS) is 16.2. The van der Waals surface area contributed by atoms with Gasteiger partial charge >= 0.3 is 5.97 Å². The number of hydrogen-bond acceptors (Lipinski definition) is 5. The second kappa shape index (κ2) is 5.42. The number of carboxylic acid groups (broad SMARTS) is 1. The zero-order valence-electron chi connectivity index (χ0n) is 12.5. The molecule has 1 N–H and O–H groups in total. The lowest BCUT2D eigenvalue weighted by Crippen LogP contribution is -2.16. The lowest BCUT2D eigenvalue weighted by atomic mass is 9.91. The van der Waals surface area contributed by atoms with Gasteiger partial charge in [-0.2, -0.15) is 0 Å². The van der Waals surface area contributed by atoms with Gasteiger partial charge in [0.1, 0.15) is 10.7 Å². The number of carbonyl (C=O) groups is 1. The molecule has 1 saturated carbocycles. The summed E-state index contributed by atoms with van der Waals surface area (Å²) in [6.07, 6.45) is 1.83. The molecule has 1 aliphatic carbocycles. The van der Waals surface area contributed by atoms with E-state index in [-0.39, 0.29) is 17.9 Å². The standard InChI is InChI=1S/C14H17FO6S/c1-20-11-8(14(4-5-14)7-10(16)17)6-9(15)13(12(11)21-2)22(3,18)19/h6H,4-5,7H2,1-3H3,(H,16,17). The van der Waals surface area contributed by atoms with Gasteiger partial charge in [0.25, 0.3) is 0 Å². The molecule has 0 heterocycles. The molecule has 6 nitrogen and oxygen atoms in total. The van der Waals surface area contributed by atoms with Gasteiger partial charge in [-0.25, -0.2) is 12.8 Å². The van der Waals surface area contributed by atoms with E-state index >= 15 is 0 Å². The highest BCUT2D eigenvalue weighted by atomic mass is 32.2. The smallest absolute Gasteiger partial charge is 0.304 e. The van der Waals surface area contributed by atoms with Crippen molar-refractivity contribution in [2.24, 2.45) is 0 Å². The van der Waals surface area contributed by atoms with Gasteiger partial charge in [0, 0.05) is 17.2 Å². The maximum Gasteiger partial charge on any atom is 0.304 e. The quantitative estimate of drug-likeness (QED) is 0.853. The van der Waals surface area contributed by atoms with Crippen molar-refractivity contribution in [3.63, 3.8) is 0 Å². The first kappa shape index (κ1) is 16.5. The summed E-state index contributed by atoms with van der Waals surface area (Å²) in [5.74, 6) is -2.13. The number of rotatable bonds is 6. The Morgan fingerprint density at radius 2 is 1.86 bits per heavy atom. The zero-order chi connectivity index (χ0) is 16.7. The van der Waals surface area contributed by atoms with Crippen molar-refractivity contribution < 1.29 is 32.2 Å². The summed E-state index contributed by atoms with van der Waals surface area (Å²) in [4.78, 5) is 10.5. The first-order valence-electron chi connectivity index (χ1n) is 6.53. The Morgan fingerprint density at radius 3 is 2.23 bits per heavy atom. The minimum atomic E-state index is -3.87. The molecule has 0 saturated heterocycles. The molecule has 1 fully saturated rings. The average Bonchev–Trinajstić information content (AvgIpc) is 3.15. The molecule has 22 heavy (non-hydrogen) atoms. The number of methoxy groups -OCH3 is 2. The van der Waals surface area contributed by atoms with Crippen molar-refractivity contribution in [2.45, 2.75) is 29.6 Å². The highest BCUT2D eigenvalue weighted by Crippen LogP contribution is 2.56. The van der Waals surface area contributed by atoms with Crippen molar-refractivity contribution in [1.29, 1.82) is 0 Å². The fourth-order valence-corrected chi connectivity index (χ4v) is 3.63. The Hall–Kier alpha value is -1.83. The number of aliphatic carboxylic acids is 1. The van der Waals surface area contributed by atoms with Crippen molar-refractivity contribution >= 4 is 15.8 Å². The van der Waals surface area contributed by atoms with Gasteiger partial charge in [-0.3, -0.25) is 4.79 Å². The Balaban J connectivity index is 2.73. The number of ether oxygens (including phenoxy) is 2.